The average molecular weight is 296 g/mol. The molecular weight excluding hydrogens is 268 g/mol. The first-order valence-corrected chi connectivity index (χ1v) is 8.17. The molecule has 0 radical (unpaired) electrons. The first-order chi connectivity index (χ1) is 10.6. The van der Waals surface area contributed by atoms with Gasteiger partial charge in [-0.25, -0.2) is 0 Å². The summed E-state index contributed by atoms with van der Waals surface area (Å²) < 4.78 is 0. The van der Waals surface area contributed by atoms with Gasteiger partial charge in [0.05, 0.1) is 0 Å². The van der Waals surface area contributed by atoms with E-state index in [1.54, 1.807) is 0 Å². The smallest absolute Gasteiger partial charge is 0.0108 e. The van der Waals surface area contributed by atoms with Crippen LogP contribution >= 0.6 is 0 Å². The van der Waals surface area contributed by atoms with Crippen LogP contribution in [0.5, 0.6) is 0 Å². The third-order valence-corrected chi connectivity index (χ3v) is 4.81. The largest absolute Gasteiger partial charge is 0.327 e. The molecule has 2 nitrogen and oxygen atoms in total. The van der Waals surface area contributed by atoms with Gasteiger partial charge >= 0.3 is 0 Å². The summed E-state index contributed by atoms with van der Waals surface area (Å²) in [6.07, 6.45) is 1.81. The van der Waals surface area contributed by atoms with Crippen LogP contribution in [0.4, 0.5) is 0 Å². The lowest BCUT2D eigenvalue weighted by molar-refractivity contribution is 0.277. The zero-order valence-corrected chi connectivity index (χ0v) is 13.7. The first kappa shape index (κ1) is 16.7. The molecule has 2 heteroatoms. The molecule has 22 heavy (non-hydrogen) atoms. The number of hydrogen-bond donors (Lipinski definition) is 2. The van der Waals surface area contributed by atoms with Crippen molar-refractivity contribution in [1.29, 1.82) is 0 Å². The lowest BCUT2D eigenvalue weighted by Crippen LogP contribution is -2.42. The molecular formula is C20H28N2. The van der Waals surface area contributed by atoms with E-state index >= 15 is 0 Å². The van der Waals surface area contributed by atoms with Gasteiger partial charge in [-0.2, -0.15) is 0 Å². The Morgan fingerprint density at radius 3 is 1.27 bits per heavy atom. The Labute approximate surface area is 134 Å². The molecule has 0 unspecified atom stereocenters. The third kappa shape index (κ3) is 4.69. The average Bonchev–Trinajstić information content (AvgIpc) is 2.55. The Balaban J connectivity index is 1.91. The van der Waals surface area contributed by atoms with Crippen molar-refractivity contribution in [3.8, 4) is 0 Å². The van der Waals surface area contributed by atoms with Crippen LogP contribution in [0.2, 0.25) is 0 Å². The second kappa shape index (κ2) is 8.11. The van der Waals surface area contributed by atoms with E-state index in [0.717, 1.165) is 12.8 Å². The van der Waals surface area contributed by atoms with Crippen LogP contribution in [-0.2, 0) is 12.8 Å². The SMILES string of the molecule is C[C@H]([C@@H](C)[C@H](N)Cc1ccccc1)[C@H](N)Cc1ccccc1. The molecule has 0 saturated carbocycles. The van der Waals surface area contributed by atoms with E-state index in [1.807, 2.05) is 12.1 Å². The highest BCUT2D eigenvalue weighted by atomic mass is 14.7. The zero-order valence-electron chi connectivity index (χ0n) is 13.7. The van der Waals surface area contributed by atoms with E-state index in [0.29, 0.717) is 11.8 Å². The molecule has 0 aliphatic rings. The van der Waals surface area contributed by atoms with Gasteiger partial charge in [-0.05, 0) is 35.8 Å². The fraction of sp³-hybridized carbons (Fsp3) is 0.400. The number of rotatable bonds is 7. The van der Waals surface area contributed by atoms with Crippen LogP contribution in [0, 0.1) is 11.8 Å². The molecule has 4 atom stereocenters. The van der Waals surface area contributed by atoms with Gasteiger partial charge in [0.1, 0.15) is 0 Å². The fourth-order valence-electron chi connectivity index (χ4n) is 2.92. The van der Waals surface area contributed by atoms with Crippen molar-refractivity contribution < 1.29 is 0 Å². The number of hydrogen-bond acceptors (Lipinski definition) is 2. The van der Waals surface area contributed by atoms with Crippen molar-refractivity contribution in [2.45, 2.75) is 38.8 Å². The molecule has 0 amide bonds. The highest BCUT2D eigenvalue weighted by Gasteiger charge is 2.24. The summed E-state index contributed by atoms with van der Waals surface area (Å²) in [4.78, 5) is 0. The second-order valence-electron chi connectivity index (χ2n) is 6.43. The molecule has 118 valence electrons. The summed E-state index contributed by atoms with van der Waals surface area (Å²) >= 11 is 0. The summed E-state index contributed by atoms with van der Waals surface area (Å²) in [6, 6.07) is 21.2. The zero-order chi connectivity index (χ0) is 15.9. The van der Waals surface area contributed by atoms with Crippen LogP contribution in [0.1, 0.15) is 25.0 Å². The van der Waals surface area contributed by atoms with Crippen LogP contribution in [0.15, 0.2) is 60.7 Å². The molecule has 0 bridgehead atoms. The Morgan fingerprint density at radius 1 is 0.636 bits per heavy atom. The standard InChI is InChI=1S/C20H28N2/c1-15(19(21)13-17-9-5-3-6-10-17)16(2)20(22)14-18-11-7-4-8-12-18/h3-12,15-16,19-20H,13-14,21-22H2,1-2H3/t15-,16-,19-,20-/m1/s1. The van der Waals surface area contributed by atoms with Gasteiger partial charge in [0, 0.05) is 12.1 Å². The summed E-state index contributed by atoms with van der Waals surface area (Å²) in [5, 5.41) is 0. The highest BCUT2D eigenvalue weighted by molar-refractivity contribution is 5.17. The van der Waals surface area contributed by atoms with Gasteiger partial charge in [-0.3, -0.25) is 0 Å². The van der Waals surface area contributed by atoms with Crippen LogP contribution in [0.3, 0.4) is 0 Å². The second-order valence-corrected chi connectivity index (χ2v) is 6.43. The first-order valence-electron chi connectivity index (χ1n) is 8.17. The van der Waals surface area contributed by atoms with Crippen molar-refractivity contribution in [3.63, 3.8) is 0 Å². The molecule has 0 aliphatic carbocycles. The molecule has 2 rings (SSSR count). The number of nitrogens with two attached hydrogens (primary N) is 2. The van der Waals surface area contributed by atoms with Gasteiger partial charge in [-0.15, -0.1) is 0 Å². The Hall–Kier alpha value is -1.64. The quantitative estimate of drug-likeness (QED) is 0.823. The highest BCUT2D eigenvalue weighted by Crippen LogP contribution is 2.21. The van der Waals surface area contributed by atoms with Crippen molar-refractivity contribution >= 4 is 0 Å². The minimum Gasteiger partial charge on any atom is -0.327 e. The minimum atomic E-state index is 0.138. The molecule has 0 fully saturated rings. The van der Waals surface area contributed by atoms with Crippen molar-refractivity contribution in [2.24, 2.45) is 23.3 Å². The van der Waals surface area contributed by atoms with E-state index in [2.05, 4.69) is 62.4 Å². The van der Waals surface area contributed by atoms with Gasteiger partial charge in [-0.1, -0.05) is 74.5 Å². The Morgan fingerprint density at radius 2 is 0.955 bits per heavy atom. The molecule has 0 saturated heterocycles. The molecule has 2 aromatic carbocycles. The Kier molecular flexibility index (Phi) is 6.17. The van der Waals surface area contributed by atoms with Gasteiger partial charge in [0.25, 0.3) is 0 Å². The Bertz CT molecular complexity index is 487. The maximum absolute atomic E-state index is 6.43. The van der Waals surface area contributed by atoms with Crippen LogP contribution < -0.4 is 11.5 Å². The molecule has 2 aromatic rings. The van der Waals surface area contributed by atoms with Gasteiger partial charge in [0.2, 0.25) is 0 Å². The topological polar surface area (TPSA) is 52.0 Å². The number of benzene rings is 2. The van der Waals surface area contributed by atoms with E-state index < -0.39 is 0 Å². The van der Waals surface area contributed by atoms with Gasteiger partial charge < -0.3 is 11.5 Å². The summed E-state index contributed by atoms with van der Waals surface area (Å²) in [5.74, 6) is 0.776. The molecule has 0 heterocycles. The maximum Gasteiger partial charge on any atom is 0.0108 e. The third-order valence-electron chi connectivity index (χ3n) is 4.81. The summed E-state index contributed by atoms with van der Waals surface area (Å²) in [7, 11) is 0. The van der Waals surface area contributed by atoms with E-state index in [9.17, 15) is 0 Å². The normalized spacial score (nSPS) is 16.7. The molecule has 4 N–H and O–H groups in total. The molecule has 0 spiro atoms. The van der Waals surface area contributed by atoms with E-state index in [1.165, 1.54) is 11.1 Å². The van der Waals surface area contributed by atoms with Crippen LogP contribution in [-0.4, -0.2) is 12.1 Å². The predicted octanol–water partition coefficient (Wildman–Crippen LogP) is 3.40. The van der Waals surface area contributed by atoms with Gasteiger partial charge in [0.15, 0.2) is 0 Å². The maximum atomic E-state index is 6.43. The summed E-state index contributed by atoms with van der Waals surface area (Å²) in [6.45, 7) is 4.45. The lowest BCUT2D eigenvalue weighted by Gasteiger charge is -2.30. The molecule has 0 aromatic heterocycles. The van der Waals surface area contributed by atoms with E-state index in [-0.39, 0.29) is 12.1 Å². The summed E-state index contributed by atoms with van der Waals surface area (Å²) in [5.41, 5.74) is 15.4. The van der Waals surface area contributed by atoms with Crippen molar-refractivity contribution in [3.05, 3.63) is 71.8 Å². The van der Waals surface area contributed by atoms with Crippen molar-refractivity contribution in [1.82, 2.24) is 0 Å². The molecule has 0 aliphatic heterocycles. The monoisotopic (exact) mass is 296 g/mol. The minimum absolute atomic E-state index is 0.138. The van der Waals surface area contributed by atoms with Crippen LogP contribution in [0.25, 0.3) is 0 Å². The predicted molar refractivity (Wildman–Crippen MR) is 94.6 cm³/mol. The van der Waals surface area contributed by atoms with E-state index in [4.69, 9.17) is 11.5 Å². The van der Waals surface area contributed by atoms with Crippen molar-refractivity contribution in [2.75, 3.05) is 0 Å². The fourth-order valence-corrected chi connectivity index (χ4v) is 2.92. The lowest BCUT2D eigenvalue weighted by atomic mass is 9.80.